The number of aliphatic hydroxyl groups is 1. The van der Waals surface area contributed by atoms with Crippen molar-refractivity contribution < 1.29 is 32.9 Å². The van der Waals surface area contributed by atoms with Crippen LogP contribution in [0.1, 0.15) is 258 Å². The second-order valence-corrected chi connectivity index (χ2v) is 23.4. The lowest BCUT2D eigenvalue weighted by molar-refractivity contribution is -0.870. The predicted molar refractivity (Wildman–Crippen MR) is 329 cm³/mol. The van der Waals surface area contributed by atoms with Crippen LogP contribution in [-0.2, 0) is 18.4 Å². The number of carbonyl (C=O) groups is 1. The van der Waals surface area contributed by atoms with Crippen molar-refractivity contribution in [3.63, 3.8) is 0 Å². The number of aliphatic hydroxyl groups excluding tert-OH is 1. The van der Waals surface area contributed by atoms with E-state index in [-0.39, 0.29) is 12.5 Å². The van der Waals surface area contributed by atoms with Gasteiger partial charge < -0.3 is 28.8 Å². The molecule has 0 aromatic heterocycles. The van der Waals surface area contributed by atoms with Gasteiger partial charge >= 0.3 is 0 Å². The number of unbranched alkanes of at least 4 members (excludes halogenated alkanes) is 27. The first-order valence-electron chi connectivity index (χ1n) is 31.2. The van der Waals surface area contributed by atoms with Crippen LogP contribution in [0.3, 0.4) is 0 Å². The average molecular weight is 1080 g/mol. The van der Waals surface area contributed by atoms with Gasteiger partial charge in [0, 0.05) is 6.42 Å². The van der Waals surface area contributed by atoms with Crippen molar-refractivity contribution >= 4 is 13.7 Å². The summed E-state index contributed by atoms with van der Waals surface area (Å²) in [6.07, 6.45) is 83.3. The Bertz CT molecular complexity index is 1600. The Morgan fingerprint density at radius 1 is 0.474 bits per heavy atom. The van der Waals surface area contributed by atoms with Gasteiger partial charge in [0.25, 0.3) is 7.82 Å². The molecule has 0 aliphatic rings. The smallest absolute Gasteiger partial charge is 0.268 e. The molecule has 0 saturated carbocycles. The van der Waals surface area contributed by atoms with Crippen LogP contribution in [0, 0.1) is 0 Å². The fourth-order valence-electron chi connectivity index (χ4n) is 8.60. The minimum atomic E-state index is -4.62. The number of nitrogens with zero attached hydrogens (tertiary/aromatic N) is 1. The van der Waals surface area contributed by atoms with Crippen molar-refractivity contribution in [2.24, 2.45) is 0 Å². The zero-order valence-corrected chi connectivity index (χ0v) is 50.8. The zero-order chi connectivity index (χ0) is 55.6. The number of allylic oxidation sites excluding steroid dienone is 17. The molecule has 1 amide bonds. The van der Waals surface area contributed by atoms with Crippen molar-refractivity contribution in [1.82, 2.24) is 5.32 Å². The van der Waals surface area contributed by atoms with E-state index >= 15 is 0 Å². The molecule has 0 heterocycles. The summed E-state index contributed by atoms with van der Waals surface area (Å²) in [4.78, 5) is 25.6. The highest BCUT2D eigenvalue weighted by Crippen LogP contribution is 2.38. The van der Waals surface area contributed by atoms with E-state index in [0.29, 0.717) is 17.4 Å². The average Bonchev–Trinajstić information content (AvgIpc) is 3.38. The summed E-state index contributed by atoms with van der Waals surface area (Å²) in [5.41, 5.74) is 0. The molecule has 0 aliphatic carbocycles. The van der Waals surface area contributed by atoms with Crippen molar-refractivity contribution in [2.45, 2.75) is 270 Å². The molecule has 8 nitrogen and oxygen atoms in total. The highest BCUT2D eigenvalue weighted by molar-refractivity contribution is 7.45. The normalized spacial score (nSPS) is 14.6. The van der Waals surface area contributed by atoms with Gasteiger partial charge in [0.15, 0.2) is 0 Å². The third kappa shape index (κ3) is 58.8. The molecule has 0 fully saturated rings. The third-order valence-electron chi connectivity index (χ3n) is 13.4. The van der Waals surface area contributed by atoms with Crippen LogP contribution in [-0.4, -0.2) is 68.5 Å². The van der Waals surface area contributed by atoms with Crippen LogP contribution >= 0.6 is 7.82 Å². The van der Waals surface area contributed by atoms with Gasteiger partial charge in [-0.05, 0) is 96.3 Å². The fourth-order valence-corrected chi connectivity index (χ4v) is 9.32. The molecule has 3 unspecified atom stereocenters. The van der Waals surface area contributed by atoms with Crippen LogP contribution in [0.5, 0.6) is 0 Å². The summed E-state index contributed by atoms with van der Waals surface area (Å²) >= 11 is 0. The van der Waals surface area contributed by atoms with E-state index in [2.05, 4.69) is 116 Å². The molecule has 9 heteroatoms. The van der Waals surface area contributed by atoms with Crippen LogP contribution in [0.15, 0.2) is 109 Å². The SMILES string of the molecule is CC/C=C\C/C=C\C/C=C\C/C=C\C/C=C\C/C=C\CCCCCCCCCCC(=O)NC(COP(=O)([O-])OCC[N+](C)(C)C)C(O)/C=C/CC/C=C/CC/C=C/CCCCCCCCCCCCCCCCCCC. The second-order valence-electron chi connectivity index (χ2n) is 22.0. The van der Waals surface area contributed by atoms with Gasteiger partial charge in [-0.1, -0.05) is 264 Å². The standard InChI is InChI=1S/C67H119N2O6P/c1-6-8-10-12-14-16-18-20-22-24-26-28-30-32-34-36-38-40-42-44-46-48-50-52-54-56-58-60-66(70)65(64-75-76(72,73)74-63-62-69(3,4)5)68-67(71)61-59-57-55-53-51-49-47-45-43-41-39-37-35-33-31-29-27-25-23-21-19-17-15-13-11-9-7-2/h9,11,15,17,21,23,27,29,33,35,39,41-42,44,50,52,58,60,65-66,70H,6-8,10,12-14,16,18-20,22,24-26,28,30-32,34,36-38,40,43,45-49,51,53-57,59,61-64H2,1-5H3,(H-,68,71,72,73)/b11-9-,17-15-,23-21-,29-27-,35-33-,41-39-,44-42+,52-50+,60-58+. The maximum absolute atomic E-state index is 13.0. The first-order valence-corrected chi connectivity index (χ1v) is 32.7. The third-order valence-corrected chi connectivity index (χ3v) is 14.4. The Kier molecular flexibility index (Phi) is 54.7. The quantitative estimate of drug-likeness (QED) is 0.0272. The number of amides is 1. The summed E-state index contributed by atoms with van der Waals surface area (Å²) < 4.78 is 23.4. The molecule has 0 aromatic carbocycles. The lowest BCUT2D eigenvalue weighted by Gasteiger charge is -2.29. The first kappa shape index (κ1) is 73.2. The Morgan fingerprint density at radius 3 is 1.22 bits per heavy atom. The largest absolute Gasteiger partial charge is 0.756 e. The lowest BCUT2D eigenvalue weighted by atomic mass is 10.0. The predicted octanol–water partition coefficient (Wildman–Crippen LogP) is 18.9. The summed E-state index contributed by atoms with van der Waals surface area (Å²) in [5, 5.41) is 13.9. The van der Waals surface area contributed by atoms with Crippen molar-refractivity contribution in [1.29, 1.82) is 0 Å². The summed E-state index contributed by atoms with van der Waals surface area (Å²) in [6, 6.07) is -0.924. The molecule has 0 saturated heterocycles. The van der Waals surface area contributed by atoms with Crippen molar-refractivity contribution in [3.8, 4) is 0 Å². The number of nitrogens with one attached hydrogen (secondary N) is 1. The molecular weight excluding hydrogens is 960 g/mol. The number of rotatable bonds is 56. The molecular formula is C67H119N2O6P. The second kappa shape index (κ2) is 56.9. The van der Waals surface area contributed by atoms with Crippen LogP contribution in [0.2, 0.25) is 0 Å². The van der Waals surface area contributed by atoms with E-state index < -0.39 is 26.6 Å². The Hall–Kier alpha value is -2.84. The lowest BCUT2D eigenvalue weighted by Crippen LogP contribution is -2.45. The first-order chi connectivity index (χ1) is 37.0. The van der Waals surface area contributed by atoms with Gasteiger partial charge in [0.05, 0.1) is 39.9 Å². The number of hydrogen-bond acceptors (Lipinski definition) is 6. The van der Waals surface area contributed by atoms with E-state index in [0.717, 1.165) is 96.3 Å². The molecule has 0 aliphatic heterocycles. The topological polar surface area (TPSA) is 108 Å². The highest BCUT2D eigenvalue weighted by Gasteiger charge is 2.23. The van der Waals surface area contributed by atoms with Crippen molar-refractivity contribution in [2.75, 3.05) is 40.9 Å². The maximum atomic E-state index is 13.0. The molecule has 0 radical (unpaired) electrons. The molecule has 2 N–H and O–H groups in total. The van der Waals surface area contributed by atoms with Gasteiger partial charge in [-0.15, -0.1) is 0 Å². The number of carbonyl (C=O) groups excluding carboxylic acids is 1. The van der Waals surface area contributed by atoms with Crippen molar-refractivity contribution in [3.05, 3.63) is 109 Å². The Labute approximate surface area is 470 Å². The summed E-state index contributed by atoms with van der Waals surface area (Å²) in [5.74, 6) is -0.223. The van der Waals surface area contributed by atoms with Gasteiger partial charge in [-0.25, -0.2) is 0 Å². The minimum Gasteiger partial charge on any atom is -0.756 e. The van der Waals surface area contributed by atoms with E-state index in [1.165, 1.54) is 141 Å². The molecule has 0 spiro atoms. The number of likely N-dealkylation sites (N-methyl/N-ethyl adjacent to an activating group) is 1. The monoisotopic (exact) mass is 1080 g/mol. The van der Waals surface area contributed by atoms with Crippen LogP contribution in [0.25, 0.3) is 0 Å². The molecule has 0 bridgehead atoms. The van der Waals surface area contributed by atoms with E-state index in [4.69, 9.17) is 9.05 Å². The molecule has 76 heavy (non-hydrogen) atoms. The highest BCUT2D eigenvalue weighted by atomic mass is 31.2. The van der Waals surface area contributed by atoms with Gasteiger partial charge in [0.1, 0.15) is 13.2 Å². The fraction of sp³-hybridized carbons (Fsp3) is 0.716. The van der Waals surface area contributed by atoms with Gasteiger partial charge in [-0.3, -0.25) is 9.36 Å². The molecule has 0 rings (SSSR count). The van der Waals surface area contributed by atoms with Gasteiger partial charge in [-0.2, -0.15) is 0 Å². The molecule has 0 aromatic rings. The minimum absolute atomic E-state index is 0.0164. The Morgan fingerprint density at radius 2 is 0.816 bits per heavy atom. The molecule has 438 valence electrons. The summed E-state index contributed by atoms with van der Waals surface area (Å²) in [7, 11) is 1.22. The molecule has 3 atom stereocenters. The van der Waals surface area contributed by atoms with Crippen LogP contribution < -0.4 is 10.2 Å². The number of quaternary nitrogens is 1. The van der Waals surface area contributed by atoms with Crippen LogP contribution in [0.4, 0.5) is 0 Å². The van der Waals surface area contributed by atoms with E-state index in [1.807, 2.05) is 27.2 Å². The van der Waals surface area contributed by atoms with E-state index in [9.17, 15) is 19.4 Å². The van der Waals surface area contributed by atoms with E-state index in [1.54, 1.807) is 6.08 Å². The summed E-state index contributed by atoms with van der Waals surface area (Å²) in [6.45, 7) is 4.51. The number of phosphoric acid groups is 1. The zero-order valence-electron chi connectivity index (χ0n) is 49.9. The van der Waals surface area contributed by atoms with Gasteiger partial charge in [0.2, 0.25) is 5.91 Å². The Balaban J connectivity index is 4.28. The maximum Gasteiger partial charge on any atom is 0.268 e. The number of phosphoric ester groups is 1. The number of hydrogen-bond donors (Lipinski definition) is 2.